The molecule has 180 valence electrons. The Morgan fingerprint density at radius 2 is 1.85 bits per heavy atom. The summed E-state index contributed by atoms with van der Waals surface area (Å²) < 4.78 is 14.4. The number of fused-ring (bicyclic) bond motifs is 2. The molecule has 3 aliphatic rings. The van der Waals surface area contributed by atoms with Crippen LogP contribution in [0.4, 0.5) is 4.39 Å². The zero-order valence-corrected chi connectivity index (χ0v) is 19.1. The highest BCUT2D eigenvalue weighted by atomic mass is 19.1. The molecule has 1 aliphatic carbocycles. The van der Waals surface area contributed by atoms with Crippen LogP contribution in [0.5, 0.6) is 5.75 Å². The van der Waals surface area contributed by atoms with Gasteiger partial charge in [0.1, 0.15) is 11.6 Å². The Bertz CT molecular complexity index is 1200. The van der Waals surface area contributed by atoms with Crippen LogP contribution in [0.15, 0.2) is 29.1 Å². The lowest BCUT2D eigenvalue weighted by Crippen LogP contribution is -2.52. The number of amides is 2. The van der Waals surface area contributed by atoms with E-state index in [-0.39, 0.29) is 18.3 Å². The summed E-state index contributed by atoms with van der Waals surface area (Å²) in [5, 5.41) is 15.9. The minimum atomic E-state index is -1.09. The molecule has 2 aromatic rings. The first kappa shape index (κ1) is 23.6. The summed E-state index contributed by atoms with van der Waals surface area (Å²) in [6.45, 7) is 3.59. The molecule has 1 aromatic heterocycles. The number of benzene rings is 1. The first-order valence-corrected chi connectivity index (χ1v) is 11.3. The molecule has 3 N–H and O–H groups in total. The Hall–Kier alpha value is -3.56. The first-order valence-electron chi connectivity index (χ1n) is 11.3. The molecule has 5 rings (SSSR count). The quantitative estimate of drug-likeness (QED) is 0.552. The summed E-state index contributed by atoms with van der Waals surface area (Å²) in [6.07, 6.45) is 2.32. The molecule has 9 nitrogen and oxygen atoms in total. The maximum absolute atomic E-state index is 13.1. The Balaban J connectivity index is 1.70. The fraction of sp³-hybridized carbons (Fsp3) is 0.458. The largest absolute Gasteiger partial charge is 0.501 e. The minimum absolute atomic E-state index is 0.0332. The van der Waals surface area contributed by atoms with Gasteiger partial charge in [0.05, 0.1) is 5.54 Å². The van der Waals surface area contributed by atoms with E-state index in [1.54, 1.807) is 13.8 Å². The van der Waals surface area contributed by atoms with Crippen molar-refractivity contribution in [2.24, 2.45) is 11.8 Å². The Morgan fingerprint density at radius 1 is 1.21 bits per heavy atom. The number of rotatable bonds is 6. The molecule has 10 heteroatoms. The van der Waals surface area contributed by atoms with E-state index in [1.807, 2.05) is 0 Å². The smallest absolute Gasteiger partial charge is 0.296 e. The van der Waals surface area contributed by atoms with Gasteiger partial charge in [0.15, 0.2) is 5.69 Å². The predicted octanol–water partition coefficient (Wildman–Crippen LogP) is 1.76. The molecule has 0 spiro atoms. The van der Waals surface area contributed by atoms with Crippen molar-refractivity contribution >= 4 is 17.6 Å². The van der Waals surface area contributed by atoms with Crippen LogP contribution in [-0.2, 0) is 28.2 Å². The van der Waals surface area contributed by atoms with E-state index in [2.05, 4.69) is 15.6 Å². The van der Waals surface area contributed by atoms with E-state index in [9.17, 15) is 28.7 Å². The first-order chi connectivity index (χ1) is 16.1. The van der Waals surface area contributed by atoms with Crippen molar-refractivity contribution in [1.29, 1.82) is 0 Å². The van der Waals surface area contributed by atoms with E-state index in [4.69, 9.17) is 0 Å². The topological polar surface area (TPSA) is 130 Å². The van der Waals surface area contributed by atoms with Gasteiger partial charge in [0, 0.05) is 19.0 Å². The number of halogens is 1. The van der Waals surface area contributed by atoms with E-state index < -0.39 is 51.9 Å². The lowest BCUT2D eigenvalue weighted by atomic mass is 9.77. The highest BCUT2D eigenvalue weighted by Gasteiger charge is 2.46. The summed E-state index contributed by atoms with van der Waals surface area (Å²) in [5.41, 5.74) is -1.68. The summed E-state index contributed by atoms with van der Waals surface area (Å²) in [6, 6.07) is 5.52. The van der Waals surface area contributed by atoms with Crippen LogP contribution in [0.25, 0.3) is 0 Å². The van der Waals surface area contributed by atoms with E-state index >= 15 is 0 Å². The van der Waals surface area contributed by atoms with Crippen LogP contribution < -0.4 is 16.2 Å². The van der Waals surface area contributed by atoms with Gasteiger partial charge in [0.2, 0.25) is 11.5 Å². The normalized spacial score (nSPS) is 21.0. The number of aromatic nitrogens is 2. The van der Waals surface area contributed by atoms with Crippen LogP contribution in [0, 0.1) is 17.7 Å². The number of hydrogen-bond acceptors (Lipinski definition) is 6. The van der Waals surface area contributed by atoms with Crippen LogP contribution >= 0.6 is 0 Å². The second-order valence-corrected chi connectivity index (χ2v) is 9.36. The van der Waals surface area contributed by atoms with E-state index in [0.717, 1.165) is 0 Å². The van der Waals surface area contributed by atoms with Crippen LogP contribution in [0.3, 0.4) is 0 Å². The van der Waals surface area contributed by atoms with E-state index in [0.29, 0.717) is 37.8 Å². The maximum atomic E-state index is 13.1. The summed E-state index contributed by atoms with van der Waals surface area (Å²) in [4.78, 5) is 55.3. The molecule has 1 saturated carbocycles. The average Bonchev–Trinajstić information content (AvgIpc) is 3.06. The molecule has 3 heterocycles. The molecule has 0 atom stereocenters. The zero-order valence-electron chi connectivity index (χ0n) is 19.1. The third-order valence-corrected chi connectivity index (χ3v) is 6.66. The van der Waals surface area contributed by atoms with Crippen molar-refractivity contribution in [1.82, 2.24) is 20.2 Å². The molecule has 0 saturated heterocycles. The van der Waals surface area contributed by atoms with Gasteiger partial charge in [-0.15, -0.1) is 0 Å². The molecule has 34 heavy (non-hydrogen) atoms. The standard InChI is InChI=1S/C24H27FN4O5/c1-13(2)18(30)21(33)28-24-9-7-15(8-10-24)12-29-22(34)19(31)17(27-23(24)29)20(32)26-11-14-3-5-16(25)6-4-14/h3-6,13,15,31H,7-12H2,1-2H3,(H,26,32)(H,28,33). The summed E-state index contributed by atoms with van der Waals surface area (Å²) in [7, 11) is 0. The van der Waals surface area contributed by atoms with Crippen LogP contribution in [0.1, 0.15) is 61.4 Å². The second-order valence-electron chi connectivity index (χ2n) is 9.36. The molecule has 1 fully saturated rings. The van der Waals surface area contributed by atoms with Crippen molar-refractivity contribution in [2.75, 3.05) is 0 Å². The fourth-order valence-electron chi connectivity index (χ4n) is 4.66. The van der Waals surface area contributed by atoms with Gasteiger partial charge in [-0.1, -0.05) is 26.0 Å². The molecule has 0 unspecified atom stereocenters. The van der Waals surface area contributed by atoms with Gasteiger partial charge in [-0.3, -0.25) is 23.7 Å². The van der Waals surface area contributed by atoms with Gasteiger partial charge >= 0.3 is 0 Å². The number of ketones is 1. The van der Waals surface area contributed by atoms with Crippen LogP contribution in [-0.4, -0.2) is 32.3 Å². The third kappa shape index (κ3) is 4.32. The Labute approximate surface area is 195 Å². The van der Waals surface area contributed by atoms with E-state index in [1.165, 1.54) is 28.8 Å². The highest BCUT2D eigenvalue weighted by Crippen LogP contribution is 2.43. The van der Waals surface area contributed by atoms with Gasteiger partial charge in [-0.2, -0.15) is 0 Å². The van der Waals surface area contributed by atoms with Crippen molar-refractivity contribution < 1.29 is 23.9 Å². The molecular weight excluding hydrogens is 443 g/mol. The monoisotopic (exact) mass is 470 g/mol. The lowest BCUT2D eigenvalue weighted by Gasteiger charge is -2.37. The van der Waals surface area contributed by atoms with Gasteiger partial charge < -0.3 is 15.7 Å². The fourth-order valence-corrected chi connectivity index (χ4v) is 4.66. The third-order valence-electron chi connectivity index (χ3n) is 6.66. The molecule has 1 aromatic carbocycles. The number of carbonyl (C=O) groups is 3. The maximum Gasteiger partial charge on any atom is 0.296 e. The summed E-state index contributed by atoms with van der Waals surface area (Å²) >= 11 is 0. The number of aromatic hydroxyl groups is 1. The number of carbonyl (C=O) groups excluding carboxylic acids is 3. The molecule has 2 bridgehead atoms. The average molecular weight is 471 g/mol. The minimum Gasteiger partial charge on any atom is -0.501 e. The number of nitrogens with zero attached hydrogens (tertiary/aromatic N) is 2. The molecule has 2 amide bonds. The summed E-state index contributed by atoms with van der Waals surface area (Å²) in [5.74, 6) is -3.47. The number of hydrogen-bond donors (Lipinski definition) is 3. The van der Waals surface area contributed by atoms with Crippen molar-refractivity contribution in [3.63, 3.8) is 0 Å². The second kappa shape index (κ2) is 9.00. The lowest BCUT2D eigenvalue weighted by molar-refractivity contribution is -0.141. The molecule has 0 radical (unpaired) electrons. The van der Waals surface area contributed by atoms with Gasteiger partial charge in [-0.25, -0.2) is 9.37 Å². The van der Waals surface area contributed by atoms with Crippen molar-refractivity contribution in [2.45, 2.75) is 58.2 Å². The number of nitrogens with one attached hydrogen (secondary N) is 2. The van der Waals surface area contributed by atoms with Gasteiger partial charge in [0.25, 0.3) is 17.4 Å². The van der Waals surface area contributed by atoms with Crippen LogP contribution in [0.2, 0.25) is 0 Å². The Kier molecular flexibility index (Phi) is 6.24. The number of Topliss-reactive ketones (excluding diaryl/α,β-unsaturated/α-hetero) is 1. The molecular formula is C24H27FN4O5. The zero-order chi connectivity index (χ0) is 24.6. The SMILES string of the molecule is CC(C)C(=O)C(=O)NC12CCC(CC1)Cn1c2nc(C(=O)NCc2ccc(F)cc2)c(O)c1=O. The van der Waals surface area contributed by atoms with Crippen molar-refractivity contribution in [3.05, 3.63) is 57.5 Å². The highest BCUT2D eigenvalue weighted by molar-refractivity contribution is 6.36. The molecule has 2 aliphatic heterocycles. The Morgan fingerprint density at radius 3 is 2.47 bits per heavy atom. The predicted molar refractivity (Wildman–Crippen MR) is 119 cm³/mol. The van der Waals surface area contributed by atoms with Gasteiger partial charge in [-0.05, 0) is 49.3 Å². The van der Waals surface area contributed by atoms with Crippen molar-refractivity contribution in [3.8, 4) is 5.75 Å².